The number of piperazine rings is 1. The number of carboxylic acid groups (broad SMARTS) is 1. The zero-order chi connectivity index (χ0) is 29.1. The largest absolute Gasteiger partial charge is 0.481 e. The number of likely N-dealkylation sites (N-methyl/N-ethyl adjacent to an activating group) is 1. The third kappa shape index (κ3) is 8.71. The van der Waals surface area contributed by atoms with Crippen molar-refractivity contribution in [3.8, 4) is 11.4 Å². The fourth-order valence-corrected chi connectivity index (χ4v) is 4.18. The minimum atomic E-state index is -1.18. The van der Waals surface area contributed by atoms with Crippen molar-refractivity contribution >= 4 is 29.6 Å². The summed E-state index contributed by atoms with van der Waals surface area (Å²) < 4.78 is 5.10. The number of nitrogens with zero attached hydrogens (tertiary/aromatic N) is 4. The number of rotatable bonds is 13. The number of nitrogens with one attached hydrogen (secondary N) is 3. The Morgan fingerprint density at radius 1 is 1.20 bits per heavy atom. The van der Waals surface area contributed by atoms with Gasteiger partial charge in [-0.15, -0.1) is 0 Å². The van der Waals surface area contributed by atoms with E-state index in [9.17, 15) is 24.3 Å². The lowest BCUT2D eigenvalue weighted by Crippen LogP contribution is -2.61. The van der Waals surface area contributed by atoms with Gasteiger partial charge in [0.25, 0.3) is 5.91 Å². The highest BCUT2D eigenvalue weighted by molar-refractivity contribution is 5.99. The SMILES string of the molecule is CCOC(=O)N1CCNCC1C(=O)[C@H](CCC(=O)O)NC(=O)c1cc(NCCN(C)C)nc(-c2ccccc2)n1. The lowest BCUT2D eigenvalue weighted by atomic mass is 9.98. The highest BCUT2D eigenvalue weighted by Crippen LogP contribution is 2.19. The first-order valence-corrected chi connectivity index (χ1v) is 13.2. The van der Waals surface area contributed by atoms with Crippen LogP contribution < -0.4 is 16.0 Å². The van der Waals surface area contributed by atoms with Gasteiger partial charge in [-0.1, -0.05) is 30.3 Å². The van der Waals surface area contributed by atoms with Crippen LogP contribution in [0, 0.1) is 0 Å². The predicted octanol–water partition coefficient (Wildman–Crippen LogP) is 1.08. The van der Waals surface area contributed by atoms with Gasteiger partial charge in [0, 0.05) is 50.8 Å². The van der Waals surface area contributed by atoms with Gasteiger partial charge in [0.15, 0.2) is 11.6 Å². The minimum Gasteiger partial charge on any atom is -0.481 e. The van der Waals surface area contributed by atoms with E-state index in [-0.39, 0.29) is 38.2 Å². The molecule has 13 heteroatoms. The van der Waals surface area contributed by atoms with Crippen LogP contribution in [0.1, 0.15) is 30.3 Å². The molecular weight excluding hydrogens is 518 g/mol. The number of ketones is 1. The fraction of sp³-hybridized carbons (Fsp3) is 0.481. The molecule has 1 fully saturated rings. The van der Waals surface area contributed by atoms with Crippen molar-refractivity contribution in [2.45, 2.75) is 31.8 Å². The molecule has 2 heterocycles. The smallest absolute Gasteiger partial charge is 0.410 e. The molecule has 1 aromatic heterocycles. The van der Waals surface area contributed by atoms with Gasteiger partial charge in [-0.2, -0.15) is 0 Å². The maximum Gasteiger partial charge on any atom is 0.410 e. The van der Waals surface area contributed by atoms with E-state index >= 15 is 0 Å². The van der Waals surface area contributed by atoms with E-state index in [1.807, 2.05) is 49.3 Å². The molecule has 216 valence electrons. The summed E-state index contributed by atoms with van der Waals surface area (Å²) in [6, 6.07) is 8.54. The molecule has 2 atom stereocenters. The predicted molar refractivity (Wildman–Crippen MR) is 148 cm³/mol. The summed E-state index contributed by atoms with van der Waals surface area (Å²) >= 11 is 0. The number of carbonyl (C=O) groups is 4. The van der Waals surface area contributed by atoms with Crippen molar-refractivity contribution in [2.75, 3.05) is 58.7 Å². The lowest BCUT2D eigenvalue weighted by molar-refractivity contribution is -0.137. The minimum absolute atomic E-state index is 0.0124. The summed E-state index contributed by atoms with van der Waals surface area (Å²) in [4.78, 5) is 63.2. The Bertz CT molecular complexity index is 1180. The molecule has 2 amide bonds. The highest BCUT2D eigenvalue weighted by Gasteiger charge is 2.37. The van der Waals surface area contributed by atoms with Crippen molar-refractivity contribution in [3.63, 3.8) is 0 Å². The first-order chi connectivity index (χ1) is 19.2. The van der Waals surface area contributed by atoms with Crippen LogP contribution in [0.15, 0.2) is 36.4 Å². The van der Waals surface area contributed by atoms with E-state index in [2.05, 4.69) is 25.9 Å². The van der Waals surface area contributed by atoms with Crippen LogP contribution in [0.4, 0.5) is 10.6 Å². The van der Waals surface area contributed by atoms with Crippen molar-refractivity contribution in [1.29, 1.82) is 0 Å². The van der Waals surface area contributed by atoms with E-state index in [0.717, 1.165) is 6.54 Å². The Kier molecular flexibility index (Phi) is 11.3. The topological polar surface area (TPSA) is 166 Å². The van der Waals surface area contributed by atoms with Gasteiger partial charge in [0.1, 0.15) is 17.6 Å². The number of ether oxygens (including phenoxy) is 1. The average molecular weight is 556 g/mol. The molecule has 0 saturated carbocycles. The molecule has 1 aromatic carbocycles. The van der Waals surface area contributed by atoms with Gasteiger partial charge in [-0.3, -0.25) is 19.3 Å². The third-order valence-corrected chi connectivity index (χ3v) is 6.23. The van der Waals surface area contributed by atoms with E-state index in [1.54, 1.807) is 6.92 Å². The third-order valence-electron chi connectivity index (χ3n) is 6.23. The van der Waals surface area contributed by atoms with Crippen molar-refractivity contribution in [1.82, 2.24) is 30.4 Å². The molecule has 0 bridgehead atoms. The van der Waals surface area contributed by atoms with Crippen LogP contribution in [0.2, 0.25) is 0 Å². The number of Topliss-reactive ketones (excluding diaryl/α,β-unsaturated/α-hetero) is 1. The summed E-state index contributed by atoms with van der Waals surface area (Å²) in [7, 11) is 3.88. The fourth-order valence-electron chi connectivity index (χ4n) is 4.18. The number of carbonyl (C=O) groups excluding carboxylic acids is 3. The Labute approximate surface area is 233 Å². The number of carboxylic acids is 1. The molecule has 3 rings (SSSR count). The summed E-state index contributed by atoms with van der Waals surface area (Å²) in [5.74, 6) is -1.52. The number of aliphatic carboxylic acids is 1. The number of amides is 2. The molecule has 1 aliphatic rings. The lowest BCUT2D eigenvalue weighted by Gasteiger charge is -2.36. The Morgan fingerprint density at radius 2 is 1.95 bits per heavy atom. The average Bonchev–Trinajstić information content (AvgIpc) is 2.95. The Balaban J connectivity index is 1.88. The maximum atomic E-state index is 13.6. The van der Waals surface area contributed by atoms with Crippen LogP contribution in [0.3, 0.4) is 0 Å². The van der Waals surface area contributed by atoms with E-state index < -0.39 is 35.8 Å². The number of benzene rings is 1. The maximum absolute atomic E-state index is 13.6. The second-order valence-corrected chi connectivity index (χ2v) is 9.53. The van der Waals surface area contributed by atoms with Gasteiger partial charge < -0.3 is 30.7 Å². The monoisotopic (exact) mass is 555 g/mol. The summed E-state index contributed by atoms with van der Waals surface area (Å²) in [5, 5.41) is 18.2. The number of hydrogen-bond donors (Lipinski definition) is 4. The first kappa shape index (κ1) is 30.4. The molecule has 0 radical (unpaired) electrons. The zero-order valence-electron chi connectivity index (χ0n) is 23.1. The first-order valence-electron chi connectivity index (χ1n) is 13.2. The van der Waals surface area contributed by atoms with E-state index in [0.29, 0.717) is 30.3 Å². The van der Waals surface area contributed by atoms with Gasteiger partial charge in [-0.05, 0) is 27.4 Å². The Morgan fingerprint density at radius 3 is 2.62 bits per heavy atom. The molecule has 0 spiro atoms. The summed E-state index contributed by atoms with van der Waals surface area (Å²) in [6.45, 7) is 3.97. The zero-order valence-corrected chi connectivity index (χ0v) is 23.1. The van der Waals surface area contributed by atoms with Gasteiger partial charge in [0.2, 0.25) is 0 Å². The molecule has 2 aromatic rings. The molecule has 1 aliphatic heterocycles. The standard InChI is InChI=1S/C27H37N7O6/c1-4-40-27(39)34-15-12-28-17-21(34)24(37)19(10-11-23(35)36)31-26(38)20-16-22(29-13-14-33(2)3)32-25(30-20)18-8-6-5-7-9-18/h5-9,16,19,21,28H,4,10-15,17H2,1-3H3,(H,31,38)(H,35,36)(H,29,30,32)/t19-,21?/m0/s1. The molecular formula is C27H37N7O6. The van der Waals surface area contributed by atoms with E-state index in [4.69, 9.17) is 4.74 Å². The summed E-state index contributed by atoms with van der Waals surface area (Å²) in [5.41, 5.74) is 0.711. The van der Waals surface area contributed by atoms with Crippen LogP contribution in [-0.4, -0.2) is 114 Å². The normalized spacial score (nSPS) is 15.8. The summed E-state index contributed by atoms with van der Waals surface area (Å²) in [6.07, 6.45) is -1.15. The van der Waals surface area contributed by atoms with E-state index in [1.165, 1.54) is 11.0 Å². The molecule has 4 N–H and O–H groups in total. The quantitative estimate of drug-likeness (QED) is 0.279. The van der Waals surface area contributed by atoms with Crippen molar-refractivity contribution < 1.29 is 29.0 Å². The Hall–Kier alpha value is -4.10. The van der Waals surface area contributed by atoms with Crippen molar-refractivity contribution in [3.05, 3.63) is 42.1 Å². The highest BCUT2D eigenvalue weighted by atomic mass is 16.6. The number of anilines is 1. The van der Waals surface area contributed by atoms with Gasteiger partial charge >= 0.3 is 12.1 Å². The number of hydrogen-bond acceptors (Lipinski definition) is 10. The number of aromatic nitrogens is 2. The van der Waals surface area contributed by atoms with Gasteiger partial charge in [0.05, 0.1) is 12.6 Å². The van der Waals surface area contributed by atoms with Crippen molar-refractivity contribution in [2.24, 2.45) is 0 Å². The molecule has 13 nitrogen and oxygen atoms in total. The second kappa shape index (κ2) is 14.9. The van der Waals surface area contributed by atoms with Crippen LogP contribution in [0.5, 0.6) is 0 Å². The van der Waals surface area contributed by atoms with Crippen LogP contribution >= 0.6 is 0 Å². The van der Waals surface area contributed by atoms with Crippen LogP contribution in [0.25, 0.3) is 11.4 Å². The second-order valence-electron chi connectivity index (χ2n) is 9.53. The molecule has 40 heavy (non-hydrogen) atoms. The molecule has 1 saturated heterocycles. The molecule has 1 unspecified atom stereocenters. The molecule has 0 aliphatic carbocycles. The van der Waals surface area contributed by atoms with Crippen LogP contribution in [-0.2, 0) is 14.3 Å². The van der Waals surface area contributed by atoms with Gasteiger partial charge in [-0.25, -0.2) is 14.8 Å².